The lowest BCUT2D eigenvalue weighted by Crippen LogP contribution is -2.20. The third-order valence-electron chi connectivity index (χ3n) is 3.04. The Balaban J connectivity index is 2.27. The minimum Gasteiger partial charge on any atom is -0.497 e. The second kappa shape index (κ2) is 5.85. The summed E-state index contributed by atoms with van der Waals surface area (Å²) < 4.78 is 5.19. The van der Waals surface area contributed by atoms with E-state index in [1.807, 2.05) is 43.3 Å². The van der Waals surface area contributed by atoms with Gasteiger partial charge in [-0.25, -0.2) is 0 Å². The standard InChI is InChI=1S/C15H19NO2/c1-3-16-10-15(17)13-5-4-12-9-14(18-2)7-6-11(12)8-13/h4-9,15-17H,3,10H2,1-2H3. The molecule has 96 valence electrons. The summed E-state index contributed by atoms with van der Waals surface area (Å²) in [6.07, 6.45) is -0.462. The van der Waals surface area contributed by atoms with E-state index in [0.29, 0.717) is 6.54 Å². The summed E-state index contributed by atoms with van der Waals surface area (Å²) in [6, 6.07) is 11.9. The van der Waals surface area contributed by atoms with Crippen molar-refractivity contribution in [1.82, 2.24) is 5.32 Å². The molecule has 0 bridgehead atoms. The molecule has 3 nitrogen and oxygen atoms in total. The molecule has 0 aromatic heterocycles. The van der Waals surface area contributed by atoms with Crippen LogP contribution in [-0.2, 0) is 0 Å². The molecule has 0 radical (unpaired) electrons. The van der Waals surface area contributed by atoms with E-state index < -0.39 is 6.10 Å². The Labute approximate surface area is 107 Å². The zero-order chi connectivity index (χ0) is 13.0. The van der Waals surface area contributed by atoms with Crippen molar-refractivity contribution in [3.8, 4) is 5.75 Å². The van der Waals surface area contributed by atoms with Gasteiger partial charge in [0.2, 0.25) is 0 Å². The number of methoxy groups -OCH3 is 1. The number of benzene rings is 2. The lowest BCUT2D eigenvalue weighted by Gasteiger charge is -2.12. The third kappa shape index (κ3) is 2.81. The van der Waals surface area contributed by atoms with Crippen molar-refractivity contribution in [2.24, 2.45) is 0 Å². The van der Waals surface area contributed by atoms with Crippen molar-refractivity contribution >= 4 is 10.8 Å². The average molecular weight is 245 g/mol. The monoisotopic (exact) mass is 245 g/mol. The van der Waals surface area contributed by atoms with Gasteiger partial charge in [-0.2, -0.15) is 0 Å². The van der Waals surface area contributed by atoms with Gasteiger partial charge in [0.1, 0.15) is 5.75 Å². The minimum absolute atomic E-state index is 0.462. The number of hydrogen-bond acceptors (Lipinski definition) is 3. The van der Waals surface area contributed by atoms with Crippen LogP contribution in [0.25, 0.3) is 10.8 Å². The fourth-order valence-electron chi connectivity index (χ4n) is 1.98. The van der Waals surface area contributed by atoms with E-state index in [0.717, 1.165) is 28.6 Å². The van der Waals surface area contributed by atoms with E-state index in [2.05, 4.69) is 5.32 Å². The highest BCUT2D eigenvalue weighted by Gasteiger charge is 2.07. The molecule has 3 heteroatoms. The zero-order valence-corrected chi connectivity index (χ0v) is 10.8. The summed E-state index contributed by atoms with van der Waals surface area (Å²) >= 11 is 0. The molecule has 1 atom stereocenters. The van der Waals surface area contributed by atoms with Gasteiger partial charge >= 0.3 is 0 Å². The second-order valence-electron chi connectivity index (χ2n) is 4.30. The Morgan fingerprint density at radius 1 is 1.17 bits per heavy atom. The van der Waals surface area contributed by atoms with Gasteiger partial charge in [0.05, 0.1) is 13.2 Å². The van der Waals surface area contributed by atoms with E-state index in [4.69, 9.17) is 4.74 Å². The predicted octanol–water partition coefficient (Wildman–Crippen LogP) is 2.49. The average Bonchev–Trinajstić information content (AvgIpc) is 2.43. The fraction of sp³-hybridized carbons (Fsp3) is 0.333. The summed E-state index contributed by atoms with van der Waals surface area (Å²) in [5.74, 6) is 0.850. The van der Waals surface area contributed by atoms with Crippen LogP contribution in [0, 0.1) is 0 Å². The van der Waals surface area contributed by atoms with Gasteiger partial charge in [-0.15, -0.1) is 0 Å². The molecule has 0 saturated heterocycles. The quantitative estimate of drug-likeness (QED) is 0.850. The van der Waals surface area contributed by atoms with E-state index in [1.165, 1.54) is 0 Å². The van der Waals surface area contributed by atoms with Crippen LogP contribution in [0.5, 0.6) is 5.75 Å². The Kier molecular flexibility index (Phi) is 4.18. The summed E-state index contributed by atoms with van der Waals surface area (Å²) in [6.45, 7) is 3.47. The lowest BCUT2D eigenvalue weighted by molar-refractivity contribution is 0.176. The zero-order valence-electron chi connectivity index (χ0n) is 10.8. The van der Waals surface area contributed by atoms with Gasteiger partial charge in [0.15, 0.2) is 0 Å². The van der Waals surface area contributed by atoms with Gasteiger partial charge in [-0.1, -0.05) is 25.1 Å². The number of aliphatic hydroxyl groups excluding tert-OH is 1. The van der Waals surface area contributed by atoms with Gasteiger partial charge < -0.3 is 15.2 Å². The van der Waals surface area contributed by atoms with Crippen molar-refractivity contribution in [1.29, 1.82) is 0 Å². The van der Waals surface area contributed by atoms with Crippen molar-refractivity contribution in [3.05, 3.63) is 42.0 Å². The highest BCUT2D eigenvalue weighted by molar-refractivity contribution is 5.84. The molecule has 0 aliphatic heterocycles. The third-order valence-corrected chi connectivity index (χ3v) is 3.04. The van der Waals surface area contributed by atoms with E-state index >= 15 is 0 Å². The number of nitrogens with one attached hydrogen (secondary N) is 1. The highest BCUT2D eigenvalue weighted by Crippen LogP contribution is 2.24. The Hall–Kier alpha value is -1.58. The second-order valence-corrected chi connectivity index (χ2v) is 4.30. The normalized spacial score (nSPS) is 12.6. The summed E-state index contributed by atoms with van der Waals surface area (Å²) in [5.41, 5.74) is 0.939. The molecule has 0 fully saturated rings. The van der Waals surface area contributed by atoms with Gasteiger partial charge in [-0.05, 0) is 41.1 Å². The topological polar surface area (TPSA) is 41.5 Å². The summed E-state index contributed by atoms with van der Waals surface area (Å²) in [7, 11) is 1.66. The van der Waals surface area contributed by atoms with Crippen LogP contribution in [0.15, 0.2) is 36.4 Å². The molecule has 2 N–H and O–H groups in total. The maximum absolute atomic E-state index is 10.0. The van der Waals surface area contributed by atoms with Gasteiger partial charge in [-0.3, -0.25) is 0 Å². The molecule has 0 heterocycles. The van der Waals surface area contributed by atoms with Crippen molar-refractivity contribution in [2.45, 2.75) is 13.0 Å². The molecular weight excluding hydrogens is 226 g/mol. The van der Waals surface area contributed by atoms with Crippen molar-refractivity contribution in [2.75, 3.05) is 20.2 Å². The first-order valence-electron chi connectivity index (χ1n) is 6.21. The smallest absolute Gasteiger partial charge is 0.119 e. The molecule has 0 aliphatic carbocycles. The van der Waals surface area contributed by atoms with Crippen molar-refractivity contribution in [3.63, 3.8) is 0 Å². The molecular formula is C15H19NO2. The van der Waals surface area contributed by atoms with E-state index in [9.17, 15) is 5.11 Å². The number of ether oxygens (including phenoxy) is 1. The number of likely N-dealkylation sites (N-methyl/N-ethyl adjacent to an activating group) is 1. The van der Waals surface area contributed by atoms with Crippen LogP contribution in [0.4, 0.5) is 0 Å². The molecule has 1 unspecified atom stereocenters. The molecule has 18 heavy (non-hydrogen) atoms. The maximum atomic E-state index is 10.0. The van der Waals surface area contributed by atoms with Gasteiger partial charge in [0.25, 0.3) is 0 Å². The molecule has 0 saturated carbocycles. The molecule has 0 amide bonds. The van der Waals surface area contributed by atoms with E-state index in [-0.39, 0.29) is 0 Å². The van der Waals surface area contributed by atoms with E-state index in [1.54, 1.807) is 7.11 Å². The largest absolute Gasteiger partial charge is 0.497 e. The van der Waals surface area contributed by atoms with Crippen LogP contribution in [0.1, 0.15) is 18.6 Å². The van der Waals surface area contributed by atoms with Crippen molar-refractivity contribution < 1.29 is 9.84 Å². The van der Waals surface area contributed by atoms with Crippen LogP contribution in [0.3, 0.4) is 0 Å². The van der Waals surface area contributed by atoms with Crippen LogP contribution in [-0.4, -0.2) is 25.3 Å². The fourth-order valence-corrected chi connectivity index (χ4v) is 1.98. The number of hydrogen-bond donors (Lipinski definition) is 2. The maximum Gasteiger partial charge on any atom is 0.119 e. The first kappa shape index (κ1) is 12.9. The summed E-state index contributed by atoms with van der Waals surface area (Å²) in [5, 5.41) is 15.4. The Bertz CT molecular complexity index is 525. The highest BCUT2D eigenvalue weighted by atomic mass is 16.5. The number of fused-ring (bicyclic) bond motifs is 1. The van der Waals surface area contributed by atoms with Crippen LogP contribution < -0.4 is 10.1 Å². The minimum atomic E-state index is -0.462. The molecule has 2 rings (SSSR count). The molecule has 2 aromatic rings. The SMILES string of the molecule is CCNCC(O)c1ccc2cc(OC)ccc2c1. The number of aliphatic hydroxyl groups is 1. The Morgan fingerprint density at radius 3 is 2.61 bits per heavy atom. The summed E-state index contributed by atoms with van der Waals surface area (Å²) in [4.78, 5) is 0. The molecule has 0 spiro atoms. The van der Waals surface area contributed by atoms with Crippen LogP contribution >= 0.6 is 0 Å². The number of rotatable bonds is 5. The lowest BCUT2D eigenvalue weighted by atomic mass is 10.0. The first-order chi connectivity index (χ1) is 8.74. The molecule has 2 aromatic carbocycles. The Morgan fingerprint density at radius 2 is 1.89 bits per heavy atom. The predicted molar refractivity (Wildman–Crippen MR) is 74.0 cm³/mol. The van der Waals surface area contributed by atoms with Gasteiger partial charge in [0, 0.05) is 6.54 Å². The first-order valence-corrected chi connectivity index (χ1v) is 6.21. The molecule has 0 aliphatic rings. The van der Waals surface area contributed by atoms with Crippen LogP contribution in [0.2, 0.25) is 0 Å².